The Morgan fingerprint density at radius 3 is 2.65 bits per heavy atom. The molecular weight excluding hydrogens is 279 g/mol. The Kier molecular flexibility index (Phi) is 4.63. The van der Waals surface area contributed by atoms with E-state index in [0.717, 1.165) is 11.1 Å². The van der Waals surface area contributed by atoms with Crippen molar-refractivity contribution in [1.29, 1.82) is 0 Å². The lowest BCUT2D eigenvalue weighted by atomic mass is 10.1. The second-order valence-corrected chi connectivity index (χ2v) is 5.13. The first-order valence-electron chi connectivity index (χ1n) is 6.32. The van der Waals surface area contributed by atoms with E-state index in [0.29, 0.717) is 16.3 Å². The van der Waals surface area contributed by atoms with Crippen molar-refractivity contribution in [2.75, 3.05) is 0 Å². The molecule has 0 aliphatic rings. The van der Waals surface area contributed by atoms with E-state index < -0.39 is 6.10 Å². The van der Waals surface area contributed by atoms with E-state index in [1.165, 1.54) is 18.2 Å². The highest BCUT2D eigenvalue weighted by Gasteiger charge is 2.07. The molecule has 0 saturated carbocycles. The van der Waals surface area contributed by atoms with Gasteiger partial charge in [0.05, 0.1) is 6.10 Å². The van der Waals surface area contributed by atoms with E-state index in [2.05, 4.69) is 0 Å². The first-order valence-corrected chi connectivity index (χ1v) is 6.70. The molecule has 2 nitrogen and oxygen atoms in total. The summed E-state index contributed by atoms with van der Waals surface area (Å²) in [6, 6.07) is 9.66. The van der Waals surface area contributed by atoms with Crippen molar-refractivity contribution in [1.82, 2.24) is 0 Å². The van der Waals surface area contributed by atoms with Crippen LogP contribution in [0.1, 0.15) is 29.7 Å². The molecule has 0 saturated heterocycles. The third-order valence-electron chi connectivity index (χ3n) is 3.07. The first kappa shape index (κ1) is 14.8. The number of benzene rings is 2. The minimum absolute atomic E-state index is 0.200. The monoisotopic (exact) mass is 294 g/mol. The molecule has 0 bridgehead atoms. The third-order valence-corrected chi connectivity index (χ3v) is 3.44. The summed E-state index contributed by atoms with van der Waals surface area (Å²) in [4.78, 5) is 0. The summed E-state index contributed by atoms with van der Waals surface area (Å²) < 4.78 is 18.8. The van der Waals surface area contributed by atoms with Crippen molar-refractivity contribution in [2.24, 2.45) is 0 Å². The highest BCUT2D eigenvalue weighted by Crippen LogP contribution is 2.25. The smallest absolute Gasteiger partial charge is 0.123 e. The second kappa shape index (κ2) is 6.25. The summed E-state index contributed by atoms with van der Waals surface area (Å²) >= 11 is 5.99. The van der Waals surface area contributed by atoms with Crippen LogP contribution in [0.5, 0.6) is 5.75 Å². The van der Waals surface area contributed by atoms with Crippen LogP contribution in [0, 0.1) is 12.7 Å². The fourth-order valence-electron chi connectivity index (χ4n) is 1.90. The number of halogens is 2. The Balaban J connectivity index is 2.13. The molecule has 0 heterocycles. The zero-order chi connectivity index (χ0) is 14.7. The molecule has 0 spiro atoms. The molecule has 0 unspecified atom stereocenters. The van der Waals surface area contributed by atoms with Crippen LogP contribution in [0.2, 0.25) is 5.02 Å². The van der Waals surface area contributed by atoms with Gasteiger partial charge in [0.15, 0.2) is 0 Å². The van der Waals surface area contributed by atoms with Gasteiger partial charge in [0.2, 0.25) is 0 Å². The molecule has 20 heavy (non-hydrogen) atoms. The first-order chi connectivity index (χ1) is 9.47. The third kappa shape index (κ3) is 3.50. The van der Waals surface area contributed by atoms with Crippen molar-refractivity contribution in [3.8, 4) is 5.75 Å². The minimum Gasteiger partial charge on any atom is -0.489 e. The van der Waals surface area contributed by atoms with E-state index >= 15 is 0 Å². The van der Waals surface area contributed by atoms with Crippen LogP contribution in [0.3, 0.4) is 0 Å². The van der Waals surface area contributed by atoms with Gasteiger partial charge >= 0.3 is 0 Å². The largest absolute Gasteiger partial charge is 0.489 e. The maximum absolute atomic E-state index is 13.2. The molecule has 0 amide bonds. The molecule has 0 radical (unpaired) electrons. The minimum atomic E-state index is -0.514. The number of aryl methyl sites for hydroxylation is 1. The lowest BCUT2D eigenvalue weighted by molar-refractivity contribution is 0.199. The highest BCUT2D eigenvalue weighted by atomic mass is 35.5. The van der Waals surface area contributed by atoms with Gasteiger partial charge < -0.3 is 9.84 Å². The molecule has 2 rings (SSSR count). The summed E-state index contributed by atoms with van der Waals surface area (Å²) in [7, 11) is 0. The predicted octanol–water partition coefficient (Wildman–Crippen LogP) is 4.42. The number of hydrogen-bond acceptors (Lipinski definition) is 2. The molecule has 0 fully saturated rings. The summed E-state index contributed by atoms with van der Waals surface area (Å²) in [5, 5.41) is 9.99. The maximum Gasteiger partial charge on any atom is 0.123 e. The summed E-state index contributed by atoms with van der Waals surface area (Å²) in [6.07, 6.45) is -0.514. The fraction of sp³-hybridized carbons (Fsp3) is 0.250. The van der Waals surface area contributed by atoms with Gasteiger partial charge in [-0.05, 0) is 55.3 Å². The van der Waals surface area contributed by atoms with Gasteiger partial charge in [-0.3, -0.25) is 0 Å². The van der Waals surface area contributed by atoms with Gasteiger partial charge in [-0.25, -0.2) is 4.39 Å². The van der Waals surface area contributed by atoms with Crippen LogP contribution in [0.15, 0.2) is 36.4 Å². The molecule has 106 valence electrons. The molecule has 0 aliphatic carbocycles. The van der Waals surface area contributed by atoms with Gasteiger partial charge in [0, 0.05) is 10.6 Å². The number of aliphatic hydroxyl groups is 1. The topological polar surface area (TPSA) is 29.5 Å². The Morgan fingerprint density at radius 2 is 2.00 bits per heavy atom. The average Bonchev–Trinajstić information content (AvgIpc) is 2.40. The van der Waals surface area contributed by atoms with Crippen LogP contribution in [0.4, 0.5) is 4.39 Å². The zero-order valence-corrected chi connectivity index (χ0v) is 12.1. The number of ether oxygens (including phenoxy) is 1. The maximum atomic E-state index is 13.2. The Labute approximate surface area is 122 Å². The SMILES string of the molecule is Cc1cc([C@@H](C)O)ccc1OCc1cc(F)ccc1Cl. The highest BCUT2D eigenvalue weighted by molar-refractivity contribution is 6.31. The van der Waals surface area contributed by atoms with E-state index in [1.54, 1.807) is 19.1 Å². The molecule has 2 aromatic rings. The van der Waals surface area contributed by atoms with Gasteiger partial charge in [-0.1, -0.05) is 17.7 Å². The lowest BCUT2D eigenvalue weighted by Crippen LogP contribution is -2.00. The Bertz CT molecular complexity index is 611. The quantitative estimate of drug-likeness (QED) is 0.904. The fourth-order valence-corrected chi connectivity index (χ4v) is 2.08. The van der Waals surface area contributed by atoms with Crippen LogP contribution in [0.25, 0.3) is 0 Å². The van der Waals surface area contributed by atoms with Gasteiger partial charge in [-0.15, -0.1) is 0 Å². The van der Waals surface area contributed by atoms with Crippen molar-refractivity contribution < 1.29 is 14.2 Å². The number of rotatable bonds is 4. The van der Waals surface area contributed by atoms with Crippen LogP contribution >= 0.6 is 11.6 Å². The molecular formula is C16H16ClFO2. The molecule has 2 aromatic carbocycles. The summed E-state index contributed by atoms with van der Waals surface area (Å²) in [5.74, 6) is 0.351. The average molecular weight is 295 g/mol. The number of aliphatic hydroxyl groups excluding tert-OH is 1. The van der Waals surface area contributed by atoms with Crippen molar-refractivity contribution in [3.05, 3.63) is 63.9 Å². The number of hydrogen-bond donors (Lipinski definition) is 1. The molecule has 0 aromatic heterocycles. The lowest BCUT2D eigenvalue weighted by Gasteiger charge is -2.12. The standard InChI is InChI=1S/C16H16ClFO2/c1-10-7-12(11(2)19)3-6-16(10)20-9-13-8-14(18)4-5-15(13)17/h3-8,11,19H,9H2,1-2H3/t11-/m1/s1. The summed E-state index contributed by atoms with van der Waals surface area (Å²) in [6.45, 7) is 3.81. The van der Waals surface area contributed by atoms with Crippen LogP contribution in [-0.4, -0.2) is 5.11 Å². The summed E-state index contributed by atoms with van der Waals surface area (Å²) in [5.41, 5.74) is 2.35. The molecule has 1 N–H and O–H groups in total. The molecule has 0 aliphatic heterocycles. The molecule has 1 atom stereocenters. The molecule has 4 heteroatoms. The second-order valence-electron chi connectivity index (χ2n) is 4.73. The van der Waals surface area contributed by atoms with E-state index in [9.17, 15) is 9.50 Å². The Hall–Kier alpha value is -1.58. The van der Waals surface area contributed by atoms with Gasteiger partial charge in [0.25, 0.3) is 0 Å². The predicted molar refractivity (Wildman–Crippen MR) is 77.6 cm³/mol. The van der Waals surface area contributed by atoms with E-state index in [1.807, 2.05) is 13.0 Å². The van der Waals surface area contributed by atoms with E-state index in [4.69, 9.17) is 16.3 Å². The van der Waals surface area contributed by atoms with Crippen LogP contribution < -0.4 is 4.74 Å². The Morgan fingerprint density at radius 1 is 1.25 bits per heavy atom. The van der Waals surface area contributed by atoms with Gasteiger partial charge in [0.1, 0.15) is 18.2 Å². The van der Waals surface area contributed by atoms with Crippen molar-refractivity contribution >= 4 is 11.6 Å². The normalized spacial score (nSPS) is 12.2. The zero-order valence-electron chi connectivity index (χ0n) is 11.4. The van der Waals surface area contributed by atoms with Gasteiger partial charge in [-0.2, -0.15) is 0 Å². The van der Waals surface area contributed by atoms with E-state index in [-0.39, 0.29) is 12.4 Å². The van der Waals surface area contributed by atoms with Crippen molar-refractivity contribution in [2.45, 2.75) is 26.6 Å². The van der Waals surface area contributed by atoms with Crippen molar-refractivity contribution in [3.63, 3.8) is 0 Å². The van der Waals surface area contributed by atoms with Crippen LogP contribution in [-0.2, 0) is 6.61 Å².